The van der Waals surface area contributed by atoms with Crippen LogP contribution in [0.5, 0.6) is 11.5 Å². The van der Waals surface area contributed by atoms with Gasteiger partial charge in [-0.2, -0.15) is 18.4 Å². The van der Waals surface area contributed by atoms with E-state index in [1.165, 1.54) is 32.4 Å². The molecule has 0 fully saturated rings. The summed E-state index contributed by atoms with van der Waals surface area (Å²) in [6.07, 6.45) is -4.76. The van der Waals surface area contributed by atoms with Crippen molar-refractivity contribution in [3.05, 3.63) is 46.0 Å². The fourth-order valence-corrected chi connectivity index (χ4v) is 4.92. The summed E-state index contributed by atoms with van der Waals surface area (Å²) in [6.45, 7) is 3.33. The zero-order valence-electron chi connectivity index (χ0n) is 20.6. The lowest BCUT2D eigenvalue weighted by molar-refractivity contribution is -0.141. The number of carbonyl (C=O) groups excluding carboxylic acids is 2. The lowest BCUT2D eigenvalue weighted by atomic mass is 10.1. The van der Waals surface area contributed by atoms with Crippen LogP contribution in [-0.4, -0.2) is 48.4 Å². The highest BCUT2D eigenvalue weighted by atomic mass is 32.2. The number of methoxy groups -OCH3 is 2. The second-order valence-corrected chi connectivity index (χ2v) is 9.38. The highest BCUT2D eigenvalue weighted by Crippen LogP contribution is 2.36. The van der Waals surface area contributed by atoms with E-state index >= 15 is 0 Å². The molecule has 2 heterocycles. The van der Waals surface area contributed by atoms with Crippen LogP contribution in [0.15, 0.2) is 29.4 Å². The fourth-order valence-electron chi connectivity index (χ4n) is 3.20. The van der Waals surface area contributed by atoms with Gasteiger partial charge in [-0.15, -0.1) is 11.3 Å². The Balaban J connectivity index is 1.85. The molecule has 0 saturated carbocycles. The van der Waals surface area contributed by atoms with Gasteiger partial charge >= 0.3 is 12.1 Å². The minimum absolute atomic E-state index is 0.0316. The van der Waals surface area contributed by atoms with Crippen LogP contribution in [0.3, 0.4) is 0 Å². The summed E-state index contributed by atoms with van der Waals surface area (Å²) in [5, 5.41) is 11.8. The molecule has 0 radical (unpaired) electrons. The van der Waals surface area contributed by atoms with Gasteiger partial charge in [0.1, 0.15) is 21.6 Å². The van der Waals surface area contributed by atoms with Crippen molar-refractivity contribution in [1.29, 1.82) is 5.26 Å². The van der Waals surface area contributed by atoms with Crippen molar-refractivity contribution in [2.75, 3.05) is 31.9 Å². The van der Waals surface area contributed by atoms with Crippen LogP contribution in [-0.2, 0) is 15.7 Å². The van der Waals surface area contributed by atoms with E-state index in [-0.39, 0.29) is 38.7 Å². The predicted molar refractivity (Wildman–Crippen MR) is 135 cm³/mol. The molecule has 3 aromatic rings. The summed E-state index contributed by atoms with van der Waals surface area (Å²) >= 11 is 1.56. The quantitative estimate of drug-likeness (QED) is 0.208. The zero-order valence-corrected chi connectivity index (χ0v) is 22.2. The van der Waals surface area contributed by atoms with Crippen molar-refractivity contribution in [2.45, 2.75) is 25.2 Å². The number of nitriles is 1. The second kappa shape index (κ2) is 12.1. The second-order valence-electron chi connectivity index (χ2n) is 7.42. The number of nitrogens with zero attached hydrogens (tertiary/aromatic N) is 3. The first-order chi connectivity index (χ1) is 18.0. The van der Waals surface area contributed by atoms with E-state index in [0.29, 0.717) is 34.4 Å². The fraction of sp³-hybridized carbons (Fsp3) is 0.292. The van der Waals surface area contributed by atoms with Crippen LogP contribution < -0.4 is 14.8 Å². The molecule has 1 amide bonds. The van der Waals surface area contributed by atoms with E-state index < -0.39 is 23.7 Å². The third-order valence-corrected chi connectivity index (χ3v) is 7.01. The van der Waals surface area contributed by atoms with Crippen molar-refractivity contribution in [3.8, 4) is 28.8 Å². The SMILES string of the molecule is CCOC(=O)c1sc(NC(=O)CSc2nc(-c3ccc(OC)c(OC)c3)cc(C(F)(F)F)n2)c(C#N)c1C. The van der Waals surface area contributed by atoms with Gasteiger partial charge in [-0.05, 0) is 43.7 Å². The average molecular weight is 567 g/mol. The van der Waals surface area contributed by atoms with Crippen LogP contribution in [0.1, 0.15) is 33.4 Å². The molecule has 0 unspecified atom stereocenters. The molecule has 0 spiro atoms. The summed E-state index contributed by atoms with van der Waals surface area (Å²) in [7, 11) is 2.82. The minimum Gasteiger partial charge on any atom is -0.493 e. The molecule has 9 nitrogen and oxygen atoms in total. The summed E-state index contributed by atoms with van der Waals surface area (Å²) in [5.74, 6) is -0.923. The number of halogens is 3. The van der Waals surface area contributed by atoms with Gasteiger partial charge in [0.05, 0.1) is 37.8 Å². The minimum atomic E-state index is -4.76. The smallest absolute Gasteiger partial charge is 0.433 e. The van der Waals surface area contributed by atoms with Gasteiger partial charge in [-0.3, -0.25) is 4.79 Å². The number of ether oxygens (including phenoxy) is 3. The number of esters is 1. The molecule has 0 aliphatic heterocycles. The number of amides is 1. The molecular formula is C24H21F3N4O5S2. The molecular weight excluding hydrogens is 545 g/mol. The molecule has 1 N–H and O–H groups in total. The number of alkyl halides is 3. The molecule has 14 heteroatoms. The van der Waals surface area contributed by atoms with Crippen LogP contribution >= 0.6 is 23.1 Å². The number of hydrogen-bond acceptors (Lipinski definition) is 10. The van der Waals surface area contributed by atoms with Gasteiger partial charge in [-0.1, -0.05) is 11.8 Å². The predicted octanol–water partition coefficient (Wildman–Crippen LogP) is 5.33. The van der Waals surface area contributed by atoms with E-state index in [1.54, 1.807) is 13.8 Å². The molecule has 3 rings (SSSR count). The Morgan fingerprint density at radius 2 is 1.87 bits per heavy atom. The van der Waals surface area contributed by atoms with E-state index in [9.17, 15) is 28.0 Å². The van der Waals surface area contributed by atoms with Crippen LogP contribution in [0, 0.1) is 18.3 Å². The standard InChI is InChI=1S/C24H21F3N4O5S2/c1-5-36-22(33)20-12(2)14(10-28)21(38-20)31-19(32)11-37-23-29-15(9-18(30-23)24(25,26)27)13-6-7-16(34-3)17(8-13)35-4/h6-9H,5,11H2,1-4H3,(H,31,32). The first-order valence-corrected chi connectivity index (χ1v) is 12.6. The molecule has 2 aromatic heterocycles. The highest BCUT2D eigenvalue weighted by Gasteiger charge is 2.34. The third kappa shape index (κ3) is 6.53. The third-order valence-electron chi connectivity index (χ3n) is 4.98. The van der Waals surface area contributed by atoms with Crippen molar-refractivity contribution in [2.24, 2.45) is 0 Å². The normalized spacial score (nSPS) is 11.0. The van der Waals surface area contributed by atoms with Gasteiger partial charge in [0, 0.05) is 5.56 Å². The highest BCUT2D eigenvalue weighted by molar-refractivity contribution is 7.99. The Bertz CT molecular complexity index is 1400. The number of hydrogen-bond donors (Lipinski definition) is 1. The molecule has 1 aromatic carbocycles. The van der Waals surface area contributed by atoms with Crippen molar-refractivity contribution < 1.29 is 37.0 Å². The number of aromatic nitrogens is 2. The Morgan fingerprint density at radius 1 is 1.16 bits per heavy atom. The first-order valence-electron chi connectivity index (χ1n) is 10.8. The number of nitrogens with one attached hydrogen (secondary N) is 1. The van der Waals surface area contributed by atoms with Crippen LogP contribution in [0.25, 0.3) is 11.3 Å². The molecule has 38 heavy (non-hydrogen) atoms. The molecule has 0 atom stereocenters. The van der Waals surface area contributed by atoms with E-state index in [0.717, 1.165) is 17.4 Å². The molecule has 0 aliphatic carbocycles. The number of carbonyl (C=O) groups is 2. The summed E-state index contributed by atoms with van der Waals surface area (Å²) in [6, 6.07) is 7.27. The number of rotatable bonds is 9. The number of anilines is 1. The van der Waals surface area contributed by atoms with Gasteiger partial charge in [0.2, 0.25) is 5.91 Å². The summed E-state index contributed by atoms with van der Waals surface area (Å²) in [4.78, 5) is 32.6. The van der Waals surface area contributed by atoms with Crippen LogP contribution in [0.2, 0.25) is 0 Å². The van der Waals surface area contributed by atoms with E-state index in [2.05, 4.69) is 15.3 Å². The topological polar surface area (TPSA) is 123 Å². The number of thioether (sulfide) groups is 1. The van der Waals surface area contributed by atoms with Gasteiger partial charge < -0.3 is 19.5 Å². The molecule has 0 bridgehead atoms. The first kappa shape index (κ1) is 28.7. The maximum Gasteiger partial charge on any atom is 0.433 e. The van der Waals surface area contributed by atoms with Gasteiger partial charge in [0.25, 0.3) is 0 Å². The van der Waals surface area contributed by atoms with Crippen molar-refractivity contribution in [3.63, 3.8) is 0 Å². The average Bonchev–Trinajstić information content (AvgIpc) is 3.20. The molecule has 0 aliphatic rings. The summed E-state index contributed by atoms with van der Waals surface area (Å²) < 4.78 is 56.1. The summed E-state index contributed by atoms with van der Waals surface area (Å²) in [5.41, 5.74) is -0.431. The largest absolute Gasteiger partial charge is 0.493 e. The molecule has 200 valence electrons. The van der Waals surface area contributed by atoms with Gasteiger partial charge in [-0.25, -0.2) is 14.8 Å². The Hall–Kier alpha value is -3.83. The monoisotopic (exact) mass is 566 g/mol. The Kier molecular flexibility index (Phi) is 9.18. The van der Waals surface area contributed by atoms with Gasteiger partial charge in [0.15, 0.2) is 16.7 Å². The number of thiophene rings is 1. The Morgan fingerprint density at radius 3 is 2.47 bits per heavy atom. The van der Waals surface area contributed by atoms with Crippen LogP contribution in [0.4, 0.5) is 18.2 Å². The Labute approximate surface area is 224 Å². The van der Waals surface area contributed by atoms with E-state index in [1.807, 2.05) is 6.07 Å². The zero-order chi connectivity index (χ0) is 28.0. The lowest BCUT2D eigenvalue weighted by Crippen LogP contribution is -2.15. The van der Waals surface area contributed by atoms with E-state index in [4.69, 9.17) is 14.2 Å². The number of benzene rings is 1. The van der Waals surface area contributed by atoms with Crippen molar-refractivity contribution in [1.82, 2.24) is 9.97 Å². The maximum atomic E-state index is 13.6. The van der Waals surface area contributed by atoms with Crippen molar-refractivity contribution >= 4 is 40.0 Å². The maximum absolute atomic E-state index is 13.6. The lowest BCUT2D eigenvalue weighted by Gasteiger charge is -2.12. The molecule has 0 saturated heterocycles.